The van der Waals surface area contributed by atoms with Gasteiger partial charge in [-0.2, -0.15) is 9.50 Å². The number of furan rings is 1. The molecule has 1 atom stereocenters. The van der Waals surface area contributed by atoms with E-state index >= 15 is 0 Å². The van der Waals surface area contributed by atoms with Crippen LogP contribution in [0.25, 0.3) is 27.6 Å². The fourth-order valence-electron chi connectivity index (χ4n) is 4.61. The lowest BCUT2D eigenvalue weighted by Gasteiger charge is -2.36. The topological polar surface area (TPSA) is 160 Å². The van der Waals surface area contributed by atoms with Crippen molar-refractivity contribution in [1.82, 2.24) is 29.0 Å². The molecule has 0 aliphatic carbocycles. The zero-order valence-electron chi connectivity index (χ0n) is 21.0. The van der Waals surface area contributed by atoms with Crippen molar-refractivity contribution in [2.24, 2.45) is 0 Å². The molecule has 0 unspecified atom stereocenters. The van der Waals surface area contributed by atoms with Crippen LogP contribution in [0.5, 0.6) is 5.75 Å². The van der Waals surface area contributed by atoms with E-state index in [1.54, 1.807) is 23.0 Å². The number of hydrogen-bond donors (Lipinski definition) is 3. The molecule has 1 aromatic carbocycles. The number of ether oxygens (including phenoxy) is 1. The van der Waals surface area contributed by atoms with Gasteiger partial charge < -0.3 is 30.0 Å². The van der Waals surface area contributed by atoms with Crippen molar-refractivity contribution < 1.29 is 19.4 Å². The lowest BCUT2D eigenvalue weighted by Crippen LogP contribution is -2.47. The highest BCUT2D eigenvalue weighted by molar-refractivity contribution is 7.17. The van der Waals surface area contributed by atoms with E-state index in [1.807, 2.05) is 24.3 Å². The molecule has 1 aliphatic heterocycles. The van der Waals surface area contributed by atoms with Crippen LogP contribution in [0.2, 0.25) is 0 Å². The van der Waals surface area contributed by atoms with Crippen LogP contribution < -0.4 is 20.2 Å². The molecule has 1 fully saturated rings. The molecular formula is C25H28N8O5S. The number of thiazole rings is 1. The molecule has 0 bridgehead atoms. The van der Waals surface area contributed by atoms with Crippen molar-refractivity contribution in [2.75, 3.05) is 56.6 Å². The number of rotatable bonds is 9. The summed E-state index contributed by atoms with van der Waals surface area (Å²) in [6, 6.07) is 11.2. The van der Waals surface area contributed by atoms with E-state index in [9.17, 15) is 9.90 Å². The van der Waals surface area contributed by atoms with E-state index in [4.69, 9.17) is 20.0 Å². The summed E-state index contributed by atoms with van der Waals surface area (Å²) in [6.07, 6.45) is 0.657. The van der Waals surface area contributed by atoms with Crippen LogP contribution in [0.4, 0.5) is 11.6 Å². The second-order valence-electron chi connectivity index (χ2n) is 9.26. The lowest BCUT2D eigenvalue weighted by molar-refractivity contribution is 0.0536. The molecule has 6 rings (SSSR count). The maximum atomic E-state index is 12.9. The Morgan fingerprint density at radius 1 is 1.08 bits per heavy atom. The first-order valence-corrected chi connectivity index (χ1v) is 13.4. The smallest absolute Gasteiger partial charge is 0.309 e. The number of aliphatic hydroxyl groups is 2. The quantitative estimate of drug-likeness (QED) is 0.238. The first-order valence-electron chi connectivity index (χ1n) is 12.6. The van der Waals surface area contributed by atoms with Crippen molar-refractivity contribution in [1.29, 1.82) is 0 Å². The number of benzene rings is 1. The third-order valence-electron chi connectivity index (χ3n) is 6.72. The third-order valence-corrected chi connectivity index (χ3v) is 7.69. The summed E-state index contributed by atoms with van der Waals surface area (Å²) in [6.45, 7) is 4.33. The Morgan fingerprint density at radius 3 is 2.59 bits per heavy atom. The van der Waals surface area contributed by atoms with Gasteiger partial charge in [0.15, 0.2) is 17.1 Å². The number of fused-ring (bicyclic) bond motifs is 3. The lowest BCUT2D eigenvalue weighted by atomic mass is 10.2. The van der Waals surface area contributed by atoms with Crippen molar-refractivity contribution >= 4 is 39.0 Å². The highest BCUT2D eigenvalue weighted by Crippen LogP contribution is 2.26. The Kier molecular flexibility index (Phi) is 6.91. The van der Waals surface area contributed by atoms with E-state index in [1.165, 1.54) is 4.52 Å². The van der Waals surface area contributed by atoms with Gasteiger partial charge in [-0.3, -0.25) is 14.3 Å². The first-order chi connectivity index (χ1) is 19.0. The fourth-order valence-corrected chi connectivity index (χ4v) is 5.54. The zero-order valence-corrected chi connectivity index (χ0v) is 21.8. The second kappa shape index (κ2) is 10.6. The van der Waals surface area contributed by atoms with E-state index in [-0.39, 0.29) is 24.0 Å². The summed E-state index contributed by atoms with van der Waals surface area (Å²) in [5.74, 6) is 1.70. The number of aliphatic hydroxyl groups excluding tert-OH is 2. The van der Waals surface area contributed by atoms with E-state index in [0.29, 0.717) is 46.4 Å². The van der Waals surface area contributed by atoms with Gasteiger partial charge in [0.1, 0.15) is 23.2 Å². The van der Waals surface area contributed by atoms with E-state index < -0.39 is 6.10 Å². The number of nitrogen functional groups attached to an aromatic ring is 1. The van der Waals surface area contributed by atoms with Gasteiger partial charge in [-0.1, -0.05) is 11.3 Å². The highest BCUT2D eigenvalue weighted by Gasteiger charge is 2.21. The van der Waals surface area contributed by atoms with Crippen LogP contribution >= 0.6 is 11.3 Å². The monoisotopic (exact) mass is 552 g/mol. The Labute approximate surface area is 226 Å². The number of aromatic nitrogens is 5. The van der Waals surface area contributed by atoms with Crippen LogP contribution in [0, 0.1) is 0 Å². The normalized spacial score (nSPS) is 15.4. The van der Waals surface area contributed by atoms with Gasteiger partial charge in [-0.25, -0.2) is 4.98 Å². The standard InChI is InChI=1S/C25H28N8O5S/c26-24-28-22-20(23-27-21(29-33(23)24)19-2-1-13-37-19)39-25(36)32(22)12-9-30-7-10-31(11-8-30)16-3-5-18(6-4-16)38-15-17(35)14-34/h1-6,13,17,34-35H,7-12,14-15H2,(H2,26,28)/t17-/m0/s1. The summed E-state index contributed by atoms with van der Waals surface area (Å²) >= 11 is 1.09. The molecule has 5 heterocycles. The number of anilines is 2. The maximum absolute atomic E-state index is 12.9. The second-order valence-corrected chi connectivity index (χ2v) is 10.2. The molecule has 1 saturated heterocycles. The van der Waals surface area contributed by atoms with Gasteiger partial charge >= 0.3 is 4.87 Å². The maximum Gasteiger partial charge on any atom is 0.309 e. The molecule has 5 aromatic rings. The van der Waals surface area contributed by atoms with Gasteiger partial charge in [0.05, 0.1) is 12.9 Å². The van der Waals surface area contributed by atoms with Gasteiger partial charge in [-0.15, -0.1) is 5.10 Å². The molecule has 4 N–H and O–H groups in total. The summed E-state index contributed by atoms with van der Waals surface area (Å²) < 4.78 is 14.6. The molecule has 0 radical (unpaired) electrons. The molecule has 4 aromatic heterocycles. The summed E-state index contributed by atoms with van der Waals surface area (Å²) in [5, 5.41) is 22.7. The first kappa shape index (κ1) is 25.3. The van der Waals surface area contributed by atoms with Crippen molar-refractivity contribution in [3.05, 3.63) is 52.3 Å². The van der Waals surface area contributed by atoms with Gasteiger partial charge in [0.25, 0.3) is 0 Å². The van der Waals surface area contributed by atoms with Crippen molar-refractivity contribution in [2.45, 2.75) is 12.6 Å². The van der Waals surface area contributed by atoms with Crippen LogP contribution in [0.3, 0.4) is 0 Å². The summed E-state index contributed by atoms with van der Waals surface area (Å²) in [5.41, 5.74) is 8.28. The largest absolute Gasteiger partial charge is 0.491 e. The molecule has 1 aliphatic rings. The molecule has 39 heavy (non-hydrogen) atoms. The minimum Gasteiger partial charge on any atom is -0.491 e. The number of nitrogens with two attached hydrogens (primary N) is 1. The molecule has 14 heteroatoms. The van der Waals surface area contributed by atoms with Gasteiger partial charge in [0, 0.05) is 45.0 Å². The predicted octanol–water partition coefficient (Wildman–Crippen LogP) is 0.897. The average Bonchev–Trinajstić information content (AvgIpc) is 3.71. The Bertz CT molecular complexity index is 1620. The SMILES string of the molecule is Nc1nc2c(sc(=O)n2CCN2CCN(c3ccc(OC[C@@H](O)CO)cc3)CC2)c2nc(-c3ccco3)nn12. The zero-order chi connectivity index (χ0) is 26.9. The van der Waals surface area contributed by atoms with Gasteiger partial charge in [0.2, 0.25) is 11.8 Å². The van der Waals surface area contributed by atoms with Crippen LogP contribution in [0.1, 0.15) is 0 Å². The van der Waals surface area contributed by atoms with Crippen molar-refractivity contribution in [3.8, 4) is 17.3 Å². The van der Waals surface area contributed by atoms with Crippen LogP contribution in [-0.4, -0.2) is 91.3 Å². The van der Waals surface area contributed by atoms with E-state index in [0.717, 1.165) is 43.2 Å². The number of piperazine rings is 1. The van der Waals surface area contributed by atoms with Crippen molar-refractivity contribution in [3.63, 3.8) is 0 Å². The average molecular weight is 553 g/mol. The van der Waals surface area contributed by atoms with E-state index in [2.05, 4.69) is 24.9 Å². The minimum absolute atomic E-state index is 0.0506. The highest BCUT2D eigenvalue weighted by atomic mass is 32.1. The Balaban J connectivity index is 1.10. The number of nitrogens with zero attached hydrogens (tertiary/aromatic N) is 7. The third kappa shape index (κ3) is 5.06. The summed E-state index contributed by atoms with van der Waals surface area (Å²) in [7, 11) is 0. The van der Waals surface area contributed by atoms with Gasteiger partial charge in [-0.05, 0) is 36.4 Å². The predicted molar refractivity (Wildman–Crippen MR) is 146 cm³/mol. The fraction of sp³-hybridized carbons (Fsp3) is 0.360. The minimum atomic E-state index is -0.891. The Morgan fingerprint density at radius 2 is 1.87 bits per heavy atom. The van der Waals surface area contributed by atoms with Crippen LogP contribution in [0.15, 0.2) is 51.9 Å². The summed E-state index contributed by atoms with van der Waals surface area (Å²) in [4.78, 5) is 26.5. The number of hydrogen-bond acceptors (Lipinski definition) is 12. The van der Waals surface area contributed by atoms with Crippen LogP contribution in [-0.2, 0) is 6.54 Å². The molecule has 204 valence electrons. The molecule has 0 saturated carbocycles. The molecular weight excluding hydrogens is 524 g/mol. The molecule has 13 nitrogen and oxygen atoms in total. The molecule has 0 amide bonds. The Hall–Kier alpha value is -3.98. The molecule has 0 spiro atoms.